The molecule has 0 aliphatic rings. The number of carboxylic acids is 1. The second-order valence-corrected chi connectivity index (χ2v) is 6.22. The normalized spacial score (nSPS) is 12.4. The molecule has 10 heteroatoms. The summed E-state index contributed by atoms with van der Waals surface area (Å²) in [5.74, 6) is -0.914. The summed E-state index contributed by atoms with van der Waals surface area (Å²) in [6, 6.07) is 3.34. The molecule has 0 aliphatic carbocycles. The van der Waals surface area contributed by atoms with E-state index in [1.807, 2.05) is 0 Å². The number of nitro groups is 2. The van der Waals surface area contributed by atoms with Crippen LogP contribution in [-0.4, -0.2) is 40.2 Å². The van der Waals surface area contributed by atoms with Gasteiger partial charge in [-0.2, -0.15) is 0 Å². The third-order valence-corrected chi connectivity index (χ3v) is 3.68. The molecular formula is C15H21N3O7. The number of nitrogens with one attached hydrogen (secondary N) is 1. The molecule has 0 aromatic heterocycles. The number of nitro benzene ring substituents is 2. The Labute approximate surface area is 144 Å². The Balaban J connectivity index is 2.61. The van der Waals surface area contributed by atoms with Crippen molar-refractivity contribution in [1.29, 1.82) is 0 Å². The third-order valence-electron chi connectivity index (χ3n) is 3.68. The molecule has 0 aliphatic heterocycles. The number of ether oxygens (including phenoxy) is 1. The number of aliphatic carboxylic acids is 1. The molecule has 0 saturated heterocycles. The molecule has 0 saturated carbocycles. The van der Waals surface area contributed by atoms with Crippen LogP contribution in [0.5, 0.6) is 0 Å². The predicted octanol–water partition coefficient (Wildman–Crippen LogP) is 2.82. The maximum Gasteiger partial charge on any atom is 0.309 e. The fourth-order valence-corrected chi connectivity index (χ4v) is 1.87. The van der Waals surface area contributed by atoms with Crippen molar-refractivity contribution < 1.29 is 24.5 Å². The summed E-state index contributed by atoms with van der Waals surface area (Å²) in [4.78, 5) is 31.3. The Morgan fingerprint density at radius 3 is 2.48 bits per heavy atom. The van der Waals surface area contributed by atoms with Gasteiger partial charge in [0.05, 0.1) is 27.4 Å². The van der Waals surface area contributed by atoms with Crippen LogP contribution in [0.4, 0.5) is 17.1 Å². The molecule has 0 heterocycles. The van der Waals surface area contributed by atoms with Crippen molar-refractivity contribution in [3.8, 4) is 0 Å². The fourth-order valence-electron chi connectivity index (χ4n) is 1.87. The molecule has 138 valence electrons. The highest BCUT2D eigenvalue weighted by molar-refractivity contribution is 5.73. The molecule has 10 nitrogen and oxygen atoms in total. The molecular weight excluding hydrogens is 334 g/mol. The van der Waals surface area contributed by atoms with E-state index in [4.69, 9.17) is 9.84 Å². The van der Waals surface area contributed by atoms with Crippen molar-refractivity contribution in [3.05, 3.63) is 38.4 Å². The maximum atomic E-state index is 11.0. The van der Waals surface area contributed by atoms with Crippen LogP contribution >= 0.6 is 0 Å². The number of hydrogen-bond donors (Lipinski definition) is 2. The van der Waals surface area contributed by atoms with Crippen LogP contribution in [0.3, 0.4) is 0 Å². The van der Waals surface area contributed by atoms with Gasteiger partial charge in [0, 0.05) is 19.2 Å². The second-order valence-electron chi connectivity index (χ2n) is 6.22. The van der Waals surface area contributed by atoms with Gasteiger partial charge < -0.3 is 15.2 Å². The predicted molar refractivity (Wildman–Crippen MR) is 89.7 cm³/mol. The minimum Gasteiger partial charge on any atom is -0.481 e. The SMILES string of the molecule is CC(CNc1ccc([N+](=O)[O-])cc1[N+](=O)[O-])OCCC(C)(C)C(=O)O. The van der Waals surface area contributed by atoms with E-state index >= 15 is 0 Å². The van der Waals surface area contributed by atoms with E-state index in [2.05, 4.69) is 5.32 Å². The number of rotatable bonds is 10. The number of anilines is 1. The molecule has 1 rings (SSSR count). The number of carbonyl (C=O) groups is 1. The first-order chi connectivity index (χ1) is 11.5. The van der Waals surface area contributed by atoms with E-state index < -0.39 is 26.9 Å². The van der Waals surface area contributed by atoms with Gasteiger partial charge in [-0.25, -0.2) is 0 Å². The standard InChI is InChI=1S/C15H21N3O7/c1-10(25-7-6-15(2,3)14(19)20)9-16-12-5-4-11(17(21)22)8-13(12)18(23)24/h4-5,8,10,16H,6-7,9H2,1-3H3,(H,19,20). The first-order valence-electron chi connectivity index (χ1n) is 7.56. The van der Waals surface area contributed by atoms with Crippen LogP contribution in [0.2, 0.25) is 0 Å². The Bertz CT molecular complexity index is 661. The van der Waals surface area contributed by atoms with Gasteiger partial charge in [-0.15, -0.1) is 0 Å². The lowest BCUT2D eigenvalue weighted by Crippen LogP contribution is -2.27. The number of non-ortho nitro benzene ring substituents is 1. The lowest BCUT2D eigenvalue weighted by Gasteiger charge is -2.21. The number of carboxylic acid groups (broad SMARTS) is 1. The van der Waals surface area contributed by atoms with Crippen molar-refractivity contribution >= 4 is 23.0 Å². The van der Waals surface area contributed by atoms with Gasteiger partial charge in [-0.3, -0.25) is 25.0 Å². The molecule has 1 aromatic rings. The molecule has 0 amide bonds. The monoisotopic (exact) mass is 355 g/mol. The van der Waals surface area contributed by atoms with Crippen LogP contribution in [0.25, 0.3) is 0 Å². The average Bonchev–Trinajstić information content (AvgIpc) is 2.52. The van der Waals surface area contributed by atoms with Gasteiger partial charge >= 0.3 is 5.97 Å². The Hall–Kier alpha value is -2.75. The number of hydrogen-bond acceptors (Lipinski definition) is 7. The zero-order valence-electron chi connectivity index (χ0n) is 14.2. The van der Waals surface area contributed by atoms with E-state index in [1.165, 1.54) is 12.1 Å². The minimum atomic E-state index is -0.914. The highest BCUT2D eigenvalue weighted by Gasteiger charge is 2.27. The highest BCUT2D eigenvalue weighted by atomic mass is 16.6. The summed E-state index contributed by atoms with van der Waals surface area (Å²) >= 11 is 0. The van der Waals surface area contributed by atoms with Crippen LogP contribution in [0.1, 0.15) is 27.2 Å². The molecule has 0 radical (unpaired) electrons. The second kappa shape index (κ2) is 8.38. The van der Waals surface area contributed by atoms with E-state index in [0.717, 1.165) is 6.07 Å². The minimum absolute atomic E-state index is 0.150. The first kappa shape index (κ1) is 20.3. The summed E-state index contributed by atoms with van der Waals surface area (Å²) in [6.45, 7) is 5.39. The summed E-state index contributed by atoms with van der Waals surface area (Å²) < 4.78 is 5.51. The number of nitrogens with zero attached hydrogens (tertiary/aromatic N) is 2. The Kier molecular flexibility index (Phi) is 6.80. The summed E-state index contributed by atoms with van der Waals surface area (Å²) in [6.07, 6.45) is -0.0101. The van der Waals surface area contributed by atoms with Gasteiger partial charge in [0.15, 0.2) is 0 Å². The van der Waals surface area contributed by atoms with Crippen LogP contribution in [0, 0.1) is 25.6 Å². The Morgan fingerprint density at radius 1 is 1.32 bits per heavy atom. The third kappa shape index (κ3) is 5.99. The quantitative estimate of drug-likeness (QED) is 0.481. The molecule has 1 atom stereocenters. The summed E-state index contributed by atoms with van der Waals surface area (Å²) in [7, 11) is 0. The lowest BCUT2D eigenvalue weighted by molar-refractivity contribution is -0.393. The highest BCUT2D eigenvalue weighted by Crippen LogP contribution is 2.29. The van der Waals surface area contributed by atoms with Crippen molar-refractivity contribution in [2.24, 2.45) is 5.41 Å². The zero-order valence-corrected chi connectivity index (χ0v) is 14.2. The van der Waals surface area contributed by atoms with E-state index in [-0.39, 0.29) is 30.6 Å². The van der Waals surface area contributed by atoms with Crippen LogP contribution in [0.15, 0.2) is 18.2 Å². The number of benzene rings is 1. The topological polar surface area (TPSA) is 145 Å². The molecule has 0 bridgehead atoms. The van der Waals surface area contributed by atoms with Gasteiger partial charge in [0.1, 0.15) is 5.69 Å². The lowest BCUT2D eigenvalue weighted by atomic mass is 9.90. The van der Waals surface area contributed by atoms with Gasteiger partial charge in [-0.1, -0.05) is 0 Å². The molecule has 2 N–H and O–H groups in total. The molecule has 25 heavy (non-hydrogen) atoms. The van der Waals surface area contributed by atoms with Crippen molar-refractivity contribution in [2.45, 2.75) is 33.3 Å². The molecule has 0 spiro atoms. The molecule has 1 aromatic carbocycles. The van der Waals surface area contributed by atoms with Gasteiger partial charge in [0.2, 0.25) is 0 Å². The van der Waals surface area contributed by atoms with Crippen LogP contribution in [-0.2, 0) is 9.53 Å². The van der Waals surface area contributed by atoms with Crippen LogP contribution < -0.4 is 5.32 Å². The Morgan fingerprint density at radius 2 is 1.96 bits per heavy atom. The van der Waals surface area contributed by atoms with Gasteiger partial charge in [0.25, 0.3) is 11.4 Å². The fraction of sp³-hybridized carbons (Fsp3) is 0.533. The van der Waals surface area contributed by atoms with E-state index in [1.54, 1.807) is 20.8 Å². The van der Waals surface area contributed by atoms with Crippen molar-refractivity contribution in [2.75, 3.05) is 18.5 Å². The first-order valence-corrected chi connectivity index (χ1v) is 7.56. The largest absolute Gasteiger partial charge is 0.481 e. The van der Waals surface area contributed by atoms with Gasteiger partial charge in [-0.05, 0) is 33.3 Å². The smallest absolute Gasteiger partial charge is 0.309 e. The van der Waals surface area contributed by atoms with Crippen molar-refractivity contribution in [3.63, 3.8) is 0 Å². The molecule has 1 unspecified atom stereocenters. The maximum absolute atomic E-state index is 11.0. The van der Waals surface area contributed by atoms with E-state index in [9.17, 15) is 25.0 Å². The summed E-state index contributed by atoms with van der Waals surface area (Å²) in [5, 5.41) is 33.6. The average molecular weight is 355 g/mol. The molecule has 0 fully saturated rings. The summed E-state index contributed by atoms with van der Waals surface area (Å²) in [5.41, 5.74) is -1.51. The van der Waals surface area contributed by atoms with E-state index in [0.29, 0.717) is 6.42 Å². The van der Waals surface area contributed by atoms with Crippen molar-refractivity contribution in [1.82, 2.24) is 0 Å². The zero-order chi connectivity index (χ0) is 19.2.